The average molecular weight is 408 g/mol. The molecular formula is C21H18F2N6O. The van der Waals surface area contributed by atoms with Crippen molar-refractivity contribution in [3.05, 3.63) is 85.0 Å². The Morgan fingerprint density at radius 1 is 0.800 bits per heavy atom. The number of ketones is 1. The van der Waals surface area contributed by atoms with E-state index in [0.29, 0.717) is 11.4 Å². The second-order valence-corrected chi connectivity index (χ2v) is 6.60. The average Bonchev–Trinajstić information content (AvgIpc) is 3.50. The van der Waals surface area contributed by atoms with Gasteiger partial charge in [-0.05, 0) is 36.4 Å². The van der Waals surface area contributed by atoms with Crippen LogP contribution in [0.25, 0.3) is 11.4 Å². The zero-order valence-electron chi connectivity index (χ0n) is 15.8. The van der Waals surface area contributed by atoms with Crippen LogP contribution < -0.4 is 0 Å². The molecule has 4 heterocycles. The minimum Gasteiger partial charge on any atom is -0.298 e. The van der Waals surface area contributed by atoms with Gasteiger partial charge in [0.1, 0.15) is 13.3 Å². The minimum atomic E-state index is -1.18. The predicted molar refractivity (Wildman–Crippen MR) is 105 cm³/mol. The molecule has 0 saturated heterocycles. The van der Waals surface area contributed by atoms with Gasteiger partial charge in [0.2, 0.25) is 0 Å². The molecule has 0 bridgehead atoms. The highest BCUT2D eigenvalue weighted by atomic mass is 19.1. The van der Waals surface area contributed by atoms with Crippen LogP contribution in [0.15, 0.2) is 73.6 Å². The number of pyridine rings is 2. The molecule has 0 aliphatic rings. The van der Waals surface area contributed by atoms with Crippen LogP contribution in [-0.2, 0) is 4.79 Å². The van der Waals surface area contributed by atoms with Crippen molar-refractivity contribution in [2.75, 3.05) is 13.3 Å². The van der Waals surface area contributed by atoms with Gasteiger partial charge in [0.25, 0.3) is 0 Å². The lowest BCUT2D eigenvalue weighted by atomic mass is 9.89. The molecular weight excluding hydrogens is 390 g/mol. The highest BCUT2D eigenvalue weighted by Crippen LogP contribution is 2.26. The highest BCUT2D eigenvalue weighted by molar-refractivity contribution is 5.91. The molecule has 30 heavy (non-hydrogen) atoms. The minimum absolute atomic E-state index is 0.241. The molecule has 7 nitrogen and oxygen atoms in total. The van der Waals surface area contributed by atoms with Crippen molar-refractivity contribution in [3.63, 3.8) is 0 Å². The summed E-state index contributed by atoms with van der Waals surface area (Å²) in [5.74, 6) is -2.95. The number of carbonyl (C=O) groups excluding carboxylic acids is 1. The molecule has 4 rings (SSSR count). The van der Waals surface area contributed by atoms with Gasteiger partial charge in [-0.15, -0.1) is 0 Å². The molecule has 2 atom stereocenters. The van der Waals surface area contributed by atoms with Gasteiger partial charge in [-0.3, -0.25) is 14.8 Å². The fourth-order valence-corrected chi connectivity index (χ4v) is 3.17. The van der Waals surface area contributed by atoms with Crippen LogP contribution in [0.3, 0.4) is 0 Å². The third-order valence-electron chi connectivity index (χ3n) is 4.79. The molecule has 4 aromatic rings. The van der Waals surface area contributed by atoms with Gasteiger partial charge in [-0.2, -0.15) is 10.2 Å². The van der Waals surface area contributed by atoms with Gasteiger partial charge in [-0.1, -0.05) is 0 Å². The summed E-state index contributed by atoms with van der Waals surface area (Å²) in [4.78, 5) is 21.4. The molecule has 0 saturated carbocycles. The van der Waals surface area contributed by atoms with Crippen LogP contribution in [0.1, 0.15) is 23.2 Å². The van der Waals surface area contributed by atoms with Gasteiger partial charge in [0.15, 0.2) is 5.78 Å². The third kappa shape index (κ3) is 3.86. The maximum atomic E-state index is 13.8. The Kier molecular flexibility index (Phi) is 5.69. The van der Waals surface area contributed by atoms with Crippen LogP contribution >= 0.6 is 0 Å². The van der Waals surface area contributed by atoms with Crippen molar-refractivity contribution in [2.24, 2.45) is 0 Å². The predicted octanol–water partition coefficient (Wildman–Crippen LogP) is 3.22. The first-order valence-electron chi connectivity index (χ1n) is 9.29. The van der Waals surface area contributed by atoms with E-state index < -0.39 is 31.0 Å². The van der Waals surface area contributed by atoms with Gasteiger partial charge < -0.3 is 0 Å². The summed E-state index contributed by atoms with van der Waals surface area (Å²) in [6, 6.07) is 10.0. The molecule has 0 aliphatic heterocycles. The van der Waals surface area contributed by atoms with E-state index in [1.165, 1.54) is 12.4 Å². The first kappa shape index (κ1) is 19.6. The summed E-state index contributed by atoms with van der Waals surface area (Å²) in [6.45, 7) is -1.95. The summed E-state index contributed by atoms with van der Waals surface area (Å²) in [7, 11) is 0. The number of nitrogens with zero attached hydrogens (tertiary/aromatic N) is 6. The van der Waals surface area contributed by atoms with E-state index in [4.69, 9.17) is 0 Å². The standard InChI is InChI=1S/C21H18F2N6O/c22-11-17(19-5-3-15(13-24-19)28-9-1-7-26-28)21(30)18(12-23)20-6-4-16(14-25-20)29-10-2-8-27-29/h1-10,13-14,17-18H,11-12H2. The van der Waals surface area contributed by atoms with Crippen molar-refractivity contribution in [2.45, 2.75) is 11.8 Å². The van der Waals surface area contributed by atoms with E-state index in [-0.39, 0.29) is 11.4 Å². The first-order valence-corrected chi connectivity index (χ1v) is 9.29. The van der Waals surface area contributed by atoms with E-state index in [1.807, 2.05) is 0 Å². The summed E-state index contributed by atoms with van der Waals surface area (Å²) >= 11 is 0. The summed E-state index contributed by atoms with van der Waals surface area (Å²) in [5, 5.41) is 8.19. The lowest BCUT2D eigenvalue weighted by molar-refractivity contribution is -0.122. The van der Waals surface area contributed by atoms with Crippen LogP contribution in [0.4, 0.5) is 8.78 Å². The quantitative estimate of drug-likeness (QED) is 0.447. The number of carbonyl (C=O) groups is 1. The number of hydrogen-bond acceptors (Lipinski definition) is 5. The zero-order valence-corrected chi connectivity index (χ0v) is 15.8. The number of alkyl halides is 2. The Labute approximate surface area is 171 Å². The Balaban J connectivity index is 1.55. The van der Waals surface area contributed by atoms with E-state index in [1.54, 1.807) is 70.5 Å². The molecule has 0 aliphatic carbocycles. The van der Waals surface area contributed by atoms with Gasteiger partial charge in [0.05, 0.1) is 47.0 Å². The SMILES string of the molecule is O=C(C(CF)c1ccc(-n2cccn2)cn1)C(CF)c1ccc(-n2cccn2)cn1. The Morgan fingerprint density at radius 2 is 1.27 bits per heavy atom. The maximum Gasteiger partial charge on any atom is 0.156 e. The molecule has 0 spiro atoms. The summed E-state index contributed by atoms with van der Waals surface area (Å²) in [5.41, 5.74) is 1.83. The van der Waals surface area contributed by atoms with Crippen LogP contribution in [0, 0.1) is 0 Å². The third-order valence-corrected chi connectivity index (χ3v) is 4.79. The maximum absolute atomic E-state index is 13.8. The van der Waals surface area contributed by atoms with Crippen molar-refractivity contribution in [1.82, 2.24) is 29.5 Å². The molecule has 9 heteroatoms. The monoisotopic (exact) mass is 408 g/mol. The fourth-order valence-electron chi connectivity index (χ4n) is 3.17. The van der Waals surface area contributed by atoms with Crippen LogP contribution in [0.2, 0.25) is 0 Å². The molecule has 0 radical (unpaired) electrons. The van der Waals surface area contributed by atoms with Gasteiger partial charge in [-0.25, -0.2) is 18.1 Å². The van der Waals surface area contributed by atoms with Gasteiger partial charge in [0, 0.05) is 24.8 Å². The van der Waals surface area contributed by atoms with Crippen molar-refractivity contribution < 1.29 is 13.6 Å². The topological polar surface area (TPSA) is 78.5 Å². The number of hydrogen-bond donors (Lipinski definition) is 0. The molecule has 0 amide bonds. The lowest BCUT2D eigenvalue weighted by Gasteiger charge is -2.18. The Hall–Kier alpha value is -3.75. The number of halogens is 2. The van der Waals surface area contributed by atoms with Crippen LogP contribution in [0.5, 0.6) is 0 Å². The summed E-state index contributed by atoms with van der Waals surface area (Å²) in [6.07, 6.45) is 9.73. The largest absolute Gasteiger partial charge is 0.298 e. The van der Waals surface area contributed by atoms with Gasteiger partial charge >= 0.3 is 0 Å². The molecule has 0 N–H and O–H groups in total. The summed E-state index contributed by atoms with van der Waals surface area (Å²) < 4.78 is 30.8. The molecule has 152 valence electrons. The Morgan fingerprint density at radius 3 is 1.57 bits per heavy atom. The van der Waals surface area contributed by atoms with E-state index >= 15 is 0 Å². The number of Topliss-reactive ketones (excluding diaryl/α,β-unsaturated/α-hetero) is 1. The smallest absolute Gasteiger partial charge is 0.156 e. The lowest BCUT2D eigenvalue weighted by Crippen LogP contribution is -2.25. The molecule has 4 aromatic heterocycles. The van der Waals surface area contributed by atoms with E-state index in [9.17, 15) is 13.6 Å². The van der Waals surface area contributed by atoms with Crippen LogP contribution in [-0.4, -0.2) is 48.7 Å². The van der Waals surface area contributed by atoms with Crippen molar-refractivity contribution in [3.8, 4) is 11.4 Å². The molecule has 0 fully saturated rings. The second kappa shape index (κ2) is 8.73. The van der Waals surface area contributed by atoms with E-state index in [2.05, 4.69) is 20.2 Å². The Bertz CT molecular complexity index is 992. The van der Waals surface area contributed by atoms with Crippen molar-refractivity contribution in [1.29, 1.82) is 0 Å². The second-order valence-electron chi connectivity index (χ2n) is 6.60. The first-order chi connectivity index (χ1) is 14.7. The molecule has 2 unspecified atom stereocenters. The fraction of sp³-hybridized carbons (Fsp3) is 0.190. The number of rotatable bonds is 8. The van der Waals surface area contributed by atoms with E-state index in [0.717, 1.165) is 0 Å². The van der Waals surface area contributed by atoms with Crippen molar-refractivity contribution >= 4 is 5.78 Å². The normalized spacial score (nSPS) is 13.1. The number of aromatic nitrogens is 6. The zero-order chi connectivity index (χ0) is 20.9. The highest BCUT2D eigenvalue weighted by Gasteiger charge is 2.31. The molecule has 0 aromatic carbocycles.